The summed E-state index contributed by atoms with van der Waals surface area (Å²) in [5, 5.41) is 1.88. The van der Waals surface area contributed by atoms with Crippen molar-refractivity contribution < 1.29 is 18.3 Å². The van der Waals surface area contributed by atoms with E-state index in [1.165, 1.54) is 23.5 Å². The first-order valence-electron chi connectivity index (χ1n) is 7.52. The lowest BCUT2D eigenvalue weighted by Gasteiger charge is -2.32. The van der Waals surface area contributed by atoms with E-state index in [4.69, 9.17) is 4.74 Å². The van der Waals surface area contributed by atoms with Gasteiger partial charge >= 0.3 is 0 Å². The van der Waals surface area contributed by atoms with Gasteiger partial charge in [0, 0.05) is 24.7 Å². The van der Waals surface area contributed by atoms with E-state index in [-0.39, 0.29) is 18.6 Å². The zero-order chi connectivity index (χ0) is 16.2. The summed E-state index contributed by atoms with van der Waals surface area (Å²) in [6, 6.07) is 7.13. The van der Waals surface area contributed by atoms with Gasteiger partial charge in [-0.05, 0) is 30.4 Å². The Labute approximate surface area is 137 Å². The quantitative estimate of drug-likeness (QED) is 0.848. The molecule has 0 N–H and O–H groups in total. The highest BCUT2D eigenvalue weighted by atomic mass is 32.1. The van der Waals surface area contributed by atoms with Crippen LogP contribution in [0.3, 0.4) is 0 Å². The number of hydrogen-bond donors (Lipinski definition) is 0. The molecule has 1 aliphatic heterocycles. The first-order valence-corrected chi connectivity index (χ1v) is 8.40. The molecule has 2 heterocycles. The van der Waals surface area contributed by atoms with Crippen molar-refractivity contribution in [3.8, 4) is 0 Å². The van der Waals surface area contributed by atoms with Crippen molar-refractivity contribution >= 4 is 17.2 Å². The van der Waals surface area contributed by atoms with E-state index in [9.17, 15) is 13.6 Å². The molecule has 0 aliphatic carbocycles. The highest BCUT2D eigenvalue weighted by Gasteiger charge is 2.25. The van der Waals surface area contributed by atoms with Crippen molar-refractivity contribution in [2.75, 3.05) is 13.1 Å². The number of hydrogen-bond acceptors (Lipinski definition) is 3. The highest BCUT2D eigenvalue weighted by Crippen LogP contribution is 2.20. The molecule has 1 aromatic heterocycles. The molecule has 23 heavy (non-hydrogen) atoms. The van der Waals surface area contributed by atoms with Crippen molar-refractivity contribution in [2.45, 2.75) is 25.6 Å². The molecular weight excluding hydrogens is 320 g/mol. The third-order valence-corrected chi connectivity index (χ3v) is 4.74. The van der Waals surface area contributed by atoms with Gasteiger partial charge < -0.3 is 9.64 Å². The minimum absolute atomic E-state index is 0.0151. The van der Waals surface area contributed by atoms with Crippen LogP contribution in [-0.4, -0.2) is 30.0 Å². The predicted octanol–water partition coefficient (Wildman–Crippen LogP) is 3.85. The second kappa shape index (κ2) is 7.19. The number of benzene rings is 1. The highest BCUT2D eigenvalue weighted by molar-refractivity contribution is 7.12. The van der Waals surface area contributed by atoms with Crippen LogP contribution in [0.2, 0.25) is 0 Å². The normalized spacial score (nSPS) is 18.2. The molecule has 6 heteroatoms. The van der Waals surface area contributed by atoms with Crippen LogP contribution in [0, 0.1) is 11.6 Å². The summed E-state index contributed by atoms with van der Waals surface area (Å²) in [5.41, 5.74) is 0.327. The lowest BCUT2D eigenvalue weighted by molar-refractivity contribution is -0.00751. The fourth-order valence-electron chi connectivity index (χ4n) is 2.66. The molecule has 3 rings (SSSR count). The van der Waals surface area contributed by atoms with E-state index in [1.807, 2.05) is 17.5 Å². The summed E-state index contributed by atoms with van der Waals surface area (Å²) in [4.78, 5) is 14.8. The number of carbonyl (C=O) groups excluding carboxylic acids is 1. The number of ether oxygens (including phenoxy) is 1. The molecule has 1 fully saturated rings. The Morgan fingerprint density at radius 2 is 2.22 bits per heavy atom. The van der Waals surface area contributed by atoms with Gasteiger partial charge in [0.2, 0.25) is 0 Å². The molecule has 1 amide bonds. The molecule has 0 spiro atoms. The smallest absolute Gasteiger partial charge is 0.264 e. The zero-order valence-electron chi connectivity index (χ0n) is 12.5. The van der Waals surface area contributed by atoms with Crippen LogP contribution >= 0.6 is 11.3 Å². The van der Waals surface area contributed by atoms with Crippen molar-refractivity contribution in [3.05, 3.63) is 57.8 Å². The van der Waals surface area contributed by atoms with E-state index in [0.29, 0.717) is 18.7 Å². The number of nitrogens with zero attached hydrogens (tertiary/aromatic N) is 1. The molecule has 2 aromatic rings. The van der Waals surface area contributed by atoms with Crippen molar-refractivity contribution in [3.63, 3.8) is 0 Å². The number of halogens is 2. The summed E-state index contributed by atoms with van der Waals surface area (Å²) >= 11 is 1.42. The van der Waals surface area contributed by atoms with Gasteiger partial charge in [0.15, 0.2) is 0 Å². The molecule has 1 saturated heterocycles. The molecule has 1 aromatic carbocycles. The molecule has 1 atom stereocenters. The first-order chi connectivity index (χ1) is 11.1. The van der Waals surface area contributed by atoms with Crippen LogP contribution in [0.15, 0.2) is 35.7 Å². The zero-order valence-corrected chi connectivity index (χ0v) is 13.3. The van der Waals surface area contributed by atoms with Gasteiger partial charge in [-0.25, -0.2) is 8.78 Å². The number of rotatable bonds is 4. The SMILES string of the molecule is O=C(c1cccs1)N1CCCC(OCc2ccc(F)cc2F)C1. The summed E-state index contributed by atoms with van der Waals surface area (Å²) in [7, 11) is 0. The second-order valence-electron chi connectivity index (χ2n) is 5.54. The van der Waals surface area contributed by atoms with Gasteiger partial charge in [0.1, 0.15) is 11.6 Å². The predicted molar refractivity (Wildman–Crippen MR) is 84.4 cm³/mol. The average Bonchev–Trinajstić information content (AvgIpc) is 3.08. The minimum atomic E-state index is -0.604. The van der Waals surface area contributed by atoms with Crippen LogP contribution < -0.4 is 0 Å². The van der Waals surface area contributed by atoms with Gasteiger partial charge in [-0.3, -0.25) is 4.79 Å². The number of likely N-dealkylation sites (tertiary alicyclic amines) is 1. The molecular formula is C17H17F2NO2S. The van der Waals surface area contributed by atoms with Gasteiger partial charge in [-0.2, -0.15) is 0 Å². The first kappa shape index (κ1) is 16.1. The van der Waals surface area contributed by atoms with Crippen LogP contribution in [-0.2, 0) is 11.3 Å². The largest absolute Gasteiger partial charge is 0.372 e. The summed E-state index contributed by atoms with van der Waals surface area (Å²) in [5.74, 6) is -1.19. The molecule has 0 radical (unpaired) electrons. The molecule has 122 valence electrons. The standard InChI is InChI=1S/C17H17F2NO2S/c18-13-6-5-12(15(19)9-13)11-22-14-3-1-7-20(10-14)17(21)16-4-2-8-23-16/h2,4-6,8-9,14H,1,3,7,10-11H2. The van der Waals surface area contributed by atoms with Gasteiger partial charge in [0.25, 0.3) is 5.91 Å². The van der Waals surface area contributed by atoms with E-state index in [0.717, 1.165) is 23.8 Å². The maximum atomic E-state index is 13.6. The average molecular weight is 337 g/mol. The molecule has 1 unspecified atom stereocenters. The Bertz CT molecular complexity index is 675. The van der Waals surface area contributed by atoms with Crippen LogP contribution in [0.5, 0.6) is 0 Å². The second-order valence-corrected chi connectivity index (χ2v) is 6.49. The molecule has 1 aliphatic rings. The Balaban J connectivity index is 1.57. The number of carbonyl (C=O) groups is 1. The molecule has 0 bridgehead atoms. The van der Waals surface area contributed by atoms with Gasteiger partial charge in [-0.1, -0.05) is 12.1 Å². The van der Waals surface area contributed by atoms with Crippen LogP contribution in [0.25, 0.3) is 0 Å². The topological polar surface area (TPSA) is 29.5 Å². The third kappa shape index (κ3) is 3.95. The van der Waals surface area contributed by atoms with E-state index in [1.54, 1.807) is 4.90 Å². The van der Waals surface area contributed by atoms with Crippen molar-refractivity contribution in [1.29, 1.82) is 0 Å². The molecule has 3 nitrogen and oxygen atoms in total. The number of piperidine rings is 1. The number of amides is 1. The monoisotopic (exact) mass is 337 g/mol. The summed E-state index contributed by atoms with van der Waals surface area (Å²) in [6.07, 6.45) is 1.56. The summed E-state index contributed by atoms with van der Waals surface area (Å²) in [6.45, 7) is 1.29. The fraction of sp³-hybridized carbons (Fsp3) is 0.353. The minimum Gasteiger partial charge on any atom is -0.372 e. The van der Waals surface area contributed by atoms with Gasteiger partial charge in [-0.15, -0.1) is 11.3 Å². The Morgan fingerprint density at radius 1 is 1.35 bits per heavy atom. The van der Waals surface area contributed by atoms with E-state index in [2.05, 4.69) is 0 Å². The van der Waals surface area contributed by atoms with Gasteiger partial charge in [0.05, 0.1) is 17.6 Å². The Morgan fingerprint density at radius 3 is 2.96 bits per heavy atom. The Kier molecular flexibility index (Phi) is 5.03. The molecule has 0 saturated carbocycles. The van der Waals surface area contributed by atoms with E-state index >= 15 is 0 Å². The van der Waals surface area contributed by atoms with Crippen molar-refractivity contribution in [2.24, 2.45) is 0 Å². The fourth-order valence-corrected chi connectivity index (χ4v) is 3.35. The lowest BCUT2D eigenvalue weighted by Crippen LogP contribution is -2.43. The maximum absolute atomic E-state index is 13.6. The van der Waals surface area contributed by atoms with Crippen molar-refractivity contribution in [1.82, 2.24) is 4.90 Å². The summed E-state index contributed by atoms with van der Waals surface area (Å²) < 4.78 is 32.2. The number of thiophene rings is 1. The maximum Gasteiger partial charge on any atom is 0.264 e. The third-order valence-electron chi connectivity index (χ3n) is 3.89. The van der Waals surface area contributed by atoms with Crippen LogP contribution in [0.1, 0.15) is 28.1 Å². The van der Waals surface area contributed by atoms with E-state index < -0.39 is 11.6 Å². The lowest BCUT2D eigenvalue weighted by atomic mass is 10.1. The van der Waals surface area contributed by atoms with Crippen LogP contribution in [0.4, 0.5) is 8.78 Å². The Hall–Kier alpha value is -1.79.